The Morgan fingerprint density at radius 2 is 2.30 bits per heavy atom. The van der Waals surface area contributed by atoms with Crippen LogP contribution in [0.2, 0.25) is 0 Å². The summed E-state index contributed by atoms with van der Waals surface area (Å²) in [4.78, 5) is 0. The van der Waals surface area contributed by atoms with Crippen molar-refractivity contribution in [2.75, 3.05) is 0 Å². The molecular weight excluding hydrogens is 131 g/mol. The first kappa shape index (κ1) is 5.41. The van der Waals surface area contributed by atoms with Gasteiger partial charge in [0, 0.05) is 12.3 Å². The summed E-state index contributed by atoms with van der Waals surface area (Å²) in [7, 11) is 0. The Labute approximate surface area is 56.9 Å². The third-order valence-corrected chi connectivity index (χ3v) is 1.34. The van der Waals surface area contributed by atoms with E-state index in [1.54, 1.807) is 18.3 Å². The minimum Gasteiger partial charge on any atom is -0.238 e. The van der Waals surface area contributed by atoms with E-state index in [0.717, 1.165) is 5.52 Å². The number of fused-ring (bicyclic) bond motifs is 1. The quantitative estimate of drug-likeness (QED) is 0.536. The fourth-order valence-electron chi connectivity index (χ4n) is 0.907. The van der Waals surface area contributed by atoms with E-state index >= 15 is 0 Å². The zero-order valence-electron chi connectivity index (χ0n) is 5.16. The molecule has 3 heteroatoms. The number of aromatic nitrogens is 2. The topological polar surface area (TPSA) is 17.3 Å². The van der Waals surface area contributed by atoms with Crippen LogP contribution in [0.4, 0.5) is 4.39 Å². The second-order valence-electron chi connectivity index (χ2n) is 2.04. The van der Waals surface area contributed by atoms with E-state index in [1.165, 1.54) is 10.6 Å². The van der Waals surface area contributed by atoms with Gasteiger partial charge in [0.1, 0.15) is 0 Å². The molecule has 0 aliphatic carbocycles. The molecule has 0 fully saturated rings. The van der Waals surface area contributed by atoms with Crippen molar-refractivity contribution in [3.8, 4) is 0 Å². The normalized spacial score (nSPS) is 10.5. The molecule has 10 heavy (non-hydrogen) atoms. The van der Waals surface area contributed by atoms with Crippen LogP contribution in [0.15, 0.2) is 30.5 Å². The summed E-state index contributed by atoms with van der Waals surface area (Å²) in [6.45, 7) is 0. The van der Waals surface area contributed by atoms with Crippen molar-refractivity contribution in [3.05, 3.63) is 36.4 Å². The minimum atomic E-state index is -0.439. The van der Waals surface area contributed by atoms with E-state index in [9.17, 15) is 4.39 Å². The summed E-state index contributed by atoms with van der Waals surface area (Å²) in [5, 5.41) is 3.56. The van der Waals surface area contributed by atoms with Gasteiger partial charge in [-0.2, -0.15) is 4.39 Å². The molecule has 2 rings (SSSR count). The molecule has 0 atom stereocenters. The van der Waals surface area contributed by atoms with Crippen LogP contribution in [-0.4, -0.2) is 9.61 Å². The fraction of sp³-hybridized carbons (Fsp3) is 0. The SMILES string of the molecule is Fc1cc2ccccn2n1. The molecule has 0 radical (unpaired) electrons. The monoisotopic (exact) mass is 136 g/mol. The van der Waals surface area contributed by atoms with Gasteiger partial charge in [-0.1, -0.05) is 6.07 Å². The number of hydrogen-bond acceptors (Lipinski definition) is 1. The highest BCUT2D eigenvalue weighted by Crippen LogP contribution is 2.02. The summed E-state index contributed by atoms with van der Waals surface area (Å²) in [5.41, 5.74) is 0.778. The van der Waals surface area contributed by atoms with Gasteiger partial charge < -0.3 is 0 Å². The van der Waals surface area contributed by atoms with Gasteiger partial charge in [0.25, 0.3) is 0 Å². The van der Waals surface area contributed by atoms with Gasteiger partial charge in [0.15, 0.2) is 0 Å². The lowest BCUT2D eigenvalue weighted by Gasteiger charge is -1.86. The predicted molar refractivity (Wildman–Crippen MR) is 35.2 cm³/mol. The first-order valence-corrected chi connectivity index (χ1v) is 2.96. The predicted octanol–water partition coefficient (Wildman–Crippen LogP) is 1.47. The van der Waals surface area contributed by atoms with E-state index in [1.807, 2.05) is 6.07 Å². The molecule has 0 saturated carbocycles. The van der Waals surface area contributed by atoms with Crippen molar-refractivity contribution in [1.82, 2.24) is 9.61 Å². The average molecular weight is 136 g/mol. The van der Waals surface area contributed by atoms with Crippen molar-refractivity contribution in [1.29, 1.82) is 0 Å². The van der Waals surface area contributed by atoms with Crippen molar-refractivity contribution in [3.63, 3.8) is 0 Å². The lowest BCUT2D eigenvalue weighted by molar-refractivity contribution is 0.571. The molecule has 0 amide bonds. The maximum atomic E-state index is 12.4. The van der Waals surface area contributed by atoms with E-state index in [-0.39, 0.29) is 0 Å². The Balaban J connectivity index is 2.88. The van der Waals surface area contributed by atoms with Crippen molar-refractivity contribution >= 4 is 5.52 Å². The lowest BCUT2D eigenvalue weighted by Crippen LogP contribution is -1.83. The Kier molecular flexibility index (Phi) is 0.974. The number of hydrogen-bond donors (Lipinski definition) is 0. The molecule has 0 aliphatic rings. The lowest BCUT2D eigenvalue weighted by atomic mass is 10.4. The van der Waals surface area contributed by atoms with Crippen LogP contribution >= 0.6 is 0 Å². The highest BCUT2D eigenvalue weighted by Gasteiger charge is 1.95. The van der Waals surface area contributed by atoms with Gasteiger partial charge in [0.05, 0.1) is 5.52 Å². The van der Waals surface area contributed by atoms with Crippen LogP contribution in [-0.2, 0) is 0 Å². The number of nitrogens with zero attached hydrogens (tertiary/aromatic N) is 2. The van der Waals surface area contributed by atoms with E-state index in [0.29, 0.717) is 0 Å². The third-order valence-electron chi connectivity index (χ3n) is 1.34. The Hall–Kier alpha value is -1.38. The molecule has 0 saturated heterocycles. The van der Waals surface area contributed by atoms with Crippen LogP contribution in [0.25, 0.3) is 5.52 Å². The summed E-state index contributed by atoms with van der Waals surface area (Å²) in [6, 6.07) is 6.84. The Bertz CT molecular complexity index is 320. The first-order valence-electron chi connectivity index (χ1n) is 2.96. The maximum absolute atomic E-state index is 12.4. The molecule has 0 N–H and O–H groups in total. The second kappa shape index (κ2) is 1.80. The third kappa shape index (κ3) is 0.673. The summed E-state index contributed by atoms with van der Waals surface area (Å²) < 4.78 is 13.9. The van der Waals surface area contributed by atoms with Crippen LogP contribution in [0.1, 0.15) is 0 Å². The molecular formula is C7H5FN2. The van der Waals surface area contributed by atoms with Crippen molar-refractivity contribution in [2.45, 2.75) is 0 Å². The highest BCUT2D eigenvalue weighted by atomic mass is 19.1. The molecule has 0 bridgehead atoms. The molecule has 0 aromatic carbocycles. The molecule has 2 heterocycles. The van der Waals surface area contributed by atoms with Crippen molar-refractivity contribution < 1.29 is 4.39 Å². The van der Waals surface area contributed by atoms with E-state index in [4.69, 9.17) is 0 Å². The van der Waals surface area contributed by atoms with Gasteiger partial charge in [-0.3, -0.25) is 0 Å². The summed E-state index contributed by atoms with van der Waals surface area (Å²) in [5.74, 6) is -0.439. The number of halogens is 1. The van der Waals surface area contributed by atoms with Crippen molar-refractivity contribution in [2.24, 2.45) is 0 Å². The molecule has 2 nitrogen and oxygen atoms in total. The smallest absolute Gasteiger partial charge is 0.233 e. The molecule has 0 unspecified atom stereocenters. The second-order valence-corrected chi connectivity index (χ2v) is 2.04. The Morgan fingerprint density at radius 1 is 1.40 bits per heavy atom. The average Bonchev–Trinajstić information content (AvgIpc) is 2.27. The fourth-order valence-corrected chi connectivity index (χ4v) is 0.907. The van der Waals surface area contributed by atoms with E-state index in [2.05, 4.69) is 5.10 Å². The van der Waals surface area contributed by atoms with Gasteiger partial charge in [0.2, 0.25) is 5.95 Å². The number of pyridine rings is 1. The summed E-state index contributed by atoms with van der Waals surface area (Å²) >= 11 is 0. The zero-order valence-corrected chi connectivity index (χ0v) is 5.16. The maximum Gasteiger partial charge on any atom is 0.233 e. The van der Waals surface area contributed by atoms with Crippen LogP contribution in [0, 0.1) is 5.95 Å². The first-order chi connectivity index (χ1) is 4.86. The molecule has 50 valence electrons. The molecule has 0 aliphatic heterocycles. The Morgan fingerprint density at radius 3 is 3.10 bits per heavy atom. The van der Waals surface area contributed by atoms with Gasteiger partial charge >= 0.3 is 0 Å². The van der Waals surface area contributed by atoms with Gasteiger partial charge in [-0.05, 0) is 12.1 Å². The standard InChI is InChI=1S/C7H5FN2/c8-7-5-6-3-1-2-4-10(6)9-7/h1-5H. The van der Waals surface area contributed by atoms with Gasteiger partial charge in [-0.25, -0.2) is 4.52 Å². The number of rotatable bonds is 0. The van der Waals surface area contributed by atoms with Crippen LogP contribution in [0.5, 0.6) is 0 Å². The highest BCUT2D eigenvalue weighted by molar-refractivity contribution is 5.44. The zero-order chi connectivity index (χ0) is 6.97. The van der Waals surface area contributed by atoms with Gasteiger partial charge in [-0.15, -0.1) is 5.10 Å². The van der Waals surface area contributed by atoms with Crippen LogP contribution in [0.3, 0.4) is 0 Å². The van der Waals surface area contributed by atoms with Crippen LogP contribution < -0.4 is 0 Å². The minimum absolute atomic E-state index is 0.439. The largest absolute Gasteiger partial charge is 0.238 e. The molecule has 2 aromatic heterocycles. The summed E-state index contributed by atoms with van der Waals surface area (Å²) in [6.07, 6.45) is 1.71. The van der Waals surface area contributed by atoms with E-state index < -0.39 is 5.95 Å². The molecule has 2 aromatic rings. The molecule has 0 spiro atoms.